The van der Waals surface area contributed by atoms with E-state index in [0.717, 1.165) is 5.56 Å². The molecule has 0 saturated carbocycles. The Morgan fingerprint density at radius 1 is 1.00 bits per heavy atom. The minimum Gasteiger partial charge on any atom is -0.493 e. The molecule has 0 fully saturated rings. The van der Waals surface area contributed by atoms with Crippen LogP contribution in [0.5, 0.6) is 11.5 Å². The Labute approximate surface area is 194 Å². The maximum Gasteiger partial charge on any atom is 0.340 e. The number of esters is 1. The van der Waals surface area contributed by atoms with Gasteiger partial charge in [0.25, 0.3) is 11.8 Å². The fraction of sp³-hybridized carbons (Fsp3) is 0.174. The molecule has 33 heavy (non-hydrogen) atoms. The first-order valence-electron chi connectivity index (χ1n) is 9.66. The first kappa shape index (κ1) is 23.7. The number of halogens is 1. The van der Waals surface area contributed by atoms with E-state index in [9.17, 15) is 14.4 Å². The monoisotopic (exact) mass is 472 g/mol. The van der Waals surface area contributed by atoms with Crippen molar-refractivity contribution in [1.82, 2.24) is 0 Å². The van der Waals surface area contributed by atoms with Crippen LogP contribution < -0.4 is 20.1 Å². The lowest BCUT2D eigenvalue weighted by molar-refractivity contribution is -0.119. The summed E-state index contributed by atoms with van der Waals surface area (Å²) in [6.45, 7) is 1.27. The van der Waals surface area contributed by atoms with Gasteiger partial charge in [0.1, 0.15) is 0 Å². The summed E-state index contributed by atoms with van der Waals surface area (Å²) in [6, 6.07) is 10.8. The highest BCUT2D eigenvalue weighted by Crippen LogP contribution is 2.34. The number of ether oxygens (including phenoxy) is 3. The zero-order chi connectivity index (χ0) is 24.0. The average Bonchev–Trinajstić information content (AvgIpc) is 3.35. The SMILES string of the molecule is COc1cc(NC(=O)c2ccco2)c(C(=O)OCC(=O)Nc2ccc(C)c(Cl)c2)cc1OC. The second-order valence-corrected chi connectivity index (χ2v) is 7.18. The number of carbonyl (C=O) groups excluding carboxylic acids is 3. The topological polar surface area (TPSA) is 116 Å². The van der Waals surface area contributed by atoms with Crippen LogP contribution >= 0.6 is 11.6 Å². The molecule has 0 aliphatic heterocycles. The largest absolute Gasteiger partial charge is 0.493 e. The van der Waals surface area contributed by atoms with Gasteiger partial charge in [0.2, 0.25) is 0 Å². The number of rotatable bonds is 8. The molecule has 10 heteroatoms. The van der Waals surface area contributed by atoms with Gasteiger partial charge in [0.05, 0.1) is 31.7 Å². The van der Waals surface area contributed by atoms with Gasteiger partial charge in [-0.25, -0.2) is 4.79 Å². The minimum absolute atomic E-state index is 0.0419. The molecule has 0 aliphatic carbocycles. The van der Waals surface area contributed by atoms with Crippen molar-refractivity contribution < 1.29 is 33.0 Å². The van der Waals surface area contributed by atoms with E-state index in [1.165, 1.54) is 38.7 Å². The summed E-state index contributed by atoms with van der Waals surface area (Å²) < 4.78 is 20.7. The van der Waals surface area contributed by atoms with Crippen LogP contribution in [0.4, 0.5) is 11.4 Å². The van der Waals surface area contributed by atoms with Crippen molar-refractivity contribution >= 4 is 40.8 Å². The predicted molar refractivity (Wildman–Crippen MR) is 121 cm³/mol. The zero-order valence-electron chi connectivity index (χ0n) is 18.1. The zero-order valence-corrected chi connectivity index (χ0v) is 18.8. The van der Waals surface area contributed by atoms with Crippen molar-refractivity contribution in [3.05, 3.63) is 70.6 Å². The Morgan fingerprint density at radius 3 is 2.36 bits per heavy atom. The molecular formula is C23H21ClN2O7. The van der Waals surface area contributed by atoms with E-state index in [2.05, 4.69) is 10.6 Å². The molecule has 0 radical (unpaired) electrons. The van der Waals surface area contributed by atoms with Crippen LogP contribution in [0, 0.1) is 6.92 Å². The van der Waals surface area contributed by atoms with E-state index >= 15 is 0 Å². The van der Waals surface area contributed by atoms with Gasteiger partial charge in [-0.3, -0.25) is 9.59 Å². The molecule has 3 rings (SSSR count). The molecular weight excluding hydrogens is 452 g/mol. The van der Waals surface area contributed by atoms with Gasteiger partial charge in [-0.15, -0.1) is 0 Å². The Morgan fingerprint density at radius 2 is 1.73 bits per heavy atom. The van der Waals surface area contributed by atoms with E-state index in [0.29, 0.717) is 10.7 Å². The molecule has 9 nitrogen and oxygen atoms in total. The number of hydrogen-bond donors (Lipinski definition) is 2. The summed E-state index contributed by atoms with van der Waals surface area (Å²) in [7, 11) is 2.81. The van der Waals surface area contributed by atoms with Crippen molar-refractivity contribution in [3.63, 3.8) is 0 Å². The van der Waals surface area contributed by atoms with E-state index in [1.54, 1.807) is 24.3 Å². The van der Waals surface area contributed by atoms with E-state index in [-0.39, 0.29) is 28.5 Å². The highest BCUT2D eigenvalue weighted by molar-refractivity contribution is 6.31. The molecule has 0 unspecified atom stereocenters. The average molecular weight is 473 g/mol. The third kappa shape index (κ3) is 5.83. The van der Waals surface area contributed by atoms with Crippen LogP contribution in [-0.2, 0) is 9.53 Å². The van der Waals surface area contributed by atoms with E-state index < -0.39 is 24.4 Å². The van der Waals surface area contributed by atoms with Gasteiger partial charge in [-0.2, -0.15) is 0 Å². The lowest BCUT2D eigenvalue weighted by atomic mass is 10.1. The third-order valence-electron chi connectivity index (χ3n) is 4.53. The molecule has 172 valence electrons. The number of carbonyl (C=O) groups is 3. The maximum absolute atomic E-state index is 12.8. The number of aryl methyl sites for hydroxylation is 1. The molecule has 0 spiro atoms. The lowest BCUT2D eigenvalue weighted by Gasteiger charge is -2.15. The van der Waals surface area contributed by atoms with E-state index in [1.807, 2.05) is 6.92 Å². The van der Waals surface area contributed by atoms with Gasteiger partial charge < -0.3 is 29.3 Å². The second kappa shape index (κ2) is 10.6. The molecule has 0 bridgehead atoms. The van der Waals surface area contributed by atoms with Gasteiger partial charge in [-0.1, -0.05) is 17.7 Å². The van der Waals surface area contributed by atoms with Gasteiger partial charge >= 0.3 is 5.97 Å². The molecule has 3 aromatic rings. The maximum atomic E-state index is 12.8. The van der Waals surface area contributed by atoms with Crippen LogP contribution in [0.2, 0.25) is 5.02 Å². The summed E-state index contributed by atoms with van der Waals surface area (Å²) in [4.78, 5) is 37.4. The van der Waals surface area contributed by atoms with Crippen molar-refractivity contribution in [3.8, 4) is 11.5 Å². The molecule has 2 aromatic carbocycles. The van der Waals surface area contributed by atoms with Gasteiger partial charge in [0.15, 0.2) is 23.9 Å². The number of anilines is 2. The number of methoxy groups -OCH3 is 2. The molecule has 1 aromatic heterocycles. The number of hydrogen-bond acceptors (Lipinski definition) is 7. The first-order valence-corrected chi connectivity index (χ1v) is 10.0. The molecule has 1 heterocycles. The number of amides is 2. The Bertz CT molecular complexity index is 1180. The minimum atomic E-state index is -0.859. The standard InChI is InChI=1S/C23H21ClN2O7/c1-13-6-7-14(9-16(13)24)25-21(27)12-33-23(29)15-10-19(30-2)20(31-3)11-17(15)26-22(28)18-5-4-8-32-18/h4-11H,12H2,1-3H3,(H,25,27)(H,26,28). The quantitative estimate of drug-likeness (QED) is 0.469. The van der Waals surface area contributed by atoms with Gasteiger partial charge in [-0.05, 0) is 36.8 Å². The van der Waals surface area contributed by atoms with Crippen LogP contribution in [0.15, 0.2) is 53.1 Å². The van der Waals surface area contributed by atoms with Crippen molar-refractivity contribution in [2.75, 3.05) is 31.5 Å². The van der Waals surface area contributed by atoms with Crippen LogP contribution in [0.1, 0.15) is 26.5 Å². The summed E-state index contributed by atoms with van der Waals surface area (Å²) >= 11 is 6.05. The van der Waals surface area contributed by atoms with Crippen LogP contribution in [0.25, 0.3) is 0 Å². The normalized spacial score (nSPS) is 10.3. The predicted octanol–water partition coefficient (Wildman–Crippen LogP) is 4.31. The van der Waals surface area contributed by atoms with Crippen molar-refractivity contribution in [1.29, 1.82) is 0 Å². The summed E-state index contributed by atoms with van der Waals surface area (Å²) in [5.74, 6) is -1.46. The summed E-state index contributed by atoms with van der Waals surface area (Å²) in [5.41, 5.74) is 1.37. The number of nitrogens with one attached hydrogen (secondary N) is 2. The second-order valence-electron chi connectivity index (χ2n) is 6.77. The first-order chi connectivity index (χ1) is 15.8. The Kier molecular flexibility index (Phi) is 7.57. The summed E-state index contributed by atoms with van der Waals surface area (Å²) in [6.07, 6.45) is 1.35. The number of furan rings is 1. The fourth-order valence-electron chi connectivity index (χ4n) is 2.82. The highest BCUT2D eigenvalue weighted by Gasteiger charge is 2.22. The molecule has 2 amide bonds. The Balaban J connectivity index is 1.76. The molecule has 2 N–H and O–H groups in total. The fourth-order valence-corrected chi connectivity index (χ4v) is 3.00. The smallest absolute Gasteiger partial charge is 0.340 e. The van der Waals surface area contributed by atoms with E-state index in [4.69, 9.17) is 30.2 Å². The molecule has 0 aliphatic rings. The van der Waals surface area contributed by atoms with Crippen molar-refractivity contribution in [2.45, 2.75) is 6.92 Å². The Hall–Kier alpha value is -3.98. The molecule has 0 atom stereocenters. The van der Waals surface area contributed by atoms with Crippen molar-refractivity contribution in [2.24, 2.45) is 0 Å². The van der Waals surface area contributed by atoms with Gasteiger partial charge in [0, 0.05) is 22.8 Å². The number of benzene rings is 2. The highest BCUT2D eigenvalue weighted by atomic mass is 35.5. The lowest BCUT2D eigenvalue weighted by Crippen LogP contribution is -2.22. The van der Waals surface area contributed by atoms with Crippen LogP contribution in [-0.4, -0.2) is 38.6 Å². The molecule has 0 saturated heterocycles. The summed E-state index contributed by atoms with van der Waals surface area (Å²) in [5, 5.41) is 5.66. The third-order valence-corrected chi connectivity index (χ3v) is 4.93. The van der Waals surface area contributed by atoms with Crippen LogP contribution in [0.3, 0.4) is 0 Å².